The molecule has 0 saturated carbocycles. The van der Waals surface area contributed by atoms with E-state index in [1.807, 2.05) is 13.1 Å². The van der Waals surface area contributed by atoms with Crippen LogP contribution in [0.15, 0.2) is 48.5 Å². The van der Waals surface area contributed by atoms with Crippen LogP contribution in [0.25, 0.3) is 0 Å². The van der Waals surface area contributed by atoms with Crippen LogP contribution >= 0.6 is 0 Å². The van der Waals surface area contributed by atoms with Crippen LogP contribution in [0.3, 0.4) is 0 Å². The third kappa shape index (κ3) is 3.88. The van der Waals surface area contributed by atoms with E-state index in [1.165, 1.54) is 18.2 Å². The van der Waals surface area contributed by atoms with Crippen LogP contribution < -0.4 is 5.32 Å². The molecule has 0 aliphatic heterocycles. The van der Waals surface area contributed by atoms with Crippen LogP contribution in [0, 0.1) is 0 Å². The highest BCUT2D eigenvalue weighted by molar-refractivity contribution is 5.95. The standard InChI is InChI=1S/C20H22N2O3/c1-22(18-11-10-14-6-3-4-9-17(14)18)13-19(23)21-16-8-5-7-15(12-16)20(24)25-2/h3-9,12,18H,10-11,13H2,1-2H3,(H,21,23). The molecule has 130 valence electrons. The highest BCUT2D eigenvalue weighted by atomic mass is 16.5. The van der Waals surface area contributed by atoms with Crippen LogP contribution in [0.2, 0.25) is 0 Å². The van der Waals surface area contributed by atoms with Gasteiger partial charge in [0.25, 0.3) is 0 Å². The van der Waals surface area contributed by atoms with E-state index in [0.717, 1.165) is 12.8 Å². The molecule has 1 unspecified atom stereocenters. The summed E-state index contributed by atoms with van der Waals surface area (Å²) in [4.78, 5) is 26.0. The molecule has 0 spiro atoms. The Kier molecular flexibility index (Phi) is 5.14. The maximum Gasteiger partial charge on any atom is 0.337 e. The first kappa shape index (κ1) is 17.2. The number of fused-ring (bicyclic) bond motifs is 1. The van der Waals surface area contributed by atoms with Gasteiger partial charge in [-0.3, -0.25) is 9.69 Å². The fourth-order valence-electron chi connectivity index (χ4n) is 3.37. The number of hydrogen-bond acceptors (Lipinski definition) is 4. The van der Waals surface area contributed by atoms with Crippen molar-refractivity contribution in [1.82, 2.24) is 4.90 Å². The maximum absolute atomic E-state index is 12.4. The molecule has 0 fully saturated rings. The van der Waals surface area contributed by atoms with Crippen LogP contribution in [-0.2, 0) is 16.0 Å². The van der Waals surface area contributed by atoms with Gasteiger partial charge in [0.15, 0.2) is 0 Å². The molecule has 2 aromatic rings. The summed E-state index contributed by atoms with van der Waals surface area (Å²) in [6.07, 6.45) is 2.08. The van der Waals surface area contributed by atoms with Crippen molar-refractivity contribution in [3.8, 4) is 0 Å². The van der Waals surface area contributed by atoms with Crippen molar-refractivity contribution in [3.63, 3.8) is 0 Å². The van der Waals surface area contributed by atoms with E-state index < -0.39 is 5.97 Å². The fourth-order valence-corrected chi connectivity index (χ4v) is 3.37. The molecule has 5 heteroatoms. The number of ether oxygens (including phenoxy) is 1. The molecule has 25 heavy (non-hydrogen) atoms. The number of likely N-dealkylation sites (N-methyl/N-ethyl adjacent to an activating group) is 1. The molecular formula is C20H22N2O3. The lowest BCUT2D eigenvalue weighted by Gasteiger charge is -2.24. The van der Waals surface area contributed by atoms with Gasteiger partial charge in [-0.15, -0.1) is 0 Å². The molecule has 0 radical (unpaired) electrons. The fraction of sp³-hybridized carbons (Fsp3) is 0.300. The Labute approximate surface area is 147 Å². The zero-order valence-corrected chi connectivity index (χ0v) is 14.5. The number of nitrogens with one attached hydrogen (secondary N) is 1. The molecule has 3 rings (SSSR count). The number of esters is 1. The van der Waals surface area contributed by atoms with E-state index in [9.17, 15) is 9.59 Å². The minimum atomic E-state index is -0.421. The number of carbonyl (C=O) groups excluding carboxylic acids is 2. The number of nitrogens with zero attached hydrogens (tertiary/aromatic N) is 1. The molecule has 1 N–H and O–H groups in total. The molecular weight excluding hydrogens is 316 g/mol. The summed E-state index contributed by atoms with van der Waals surface area (Å²) >= 11 is 0. The normalized spacial score (nSPS) is 15.7. The number of aryl methyl sites for hydroxylation is 1. The average Bonchev–Trinajstić information content (AvgIpc) is 3.05. The molecule has 2 aromatic carbocycles. The van der Waals surface area contributed by atoms with Crippen LogP contribution in [0.5, 0.6) is 0 Å². The molecule has 0 heterocycles. The Balaban J connectivity index is 1.62. The summed E-state index contributed by atoms with van der Waals surface area (Å²) in [5.41, 5.74) is 3.68. The zero-order chi connectivity index (χ0) is 17.8. The molecule has 1 aliphatic rings. The zero-order valence-electron chi connectivity index (χ0n) is 14.5. The minimum absolute atomic E-state index is 0.103. The Hall–Kier alpha value is -2.66. The first-order valence-corrected chi connectivity index (χ1v) is 8.35. The van der Waals surface area contributed by atoms with Gasteiger partial charge >= 0.3 is 5.97 Å². The predicted molar refractivity (Wildman–Crippen MR) is 96.5 cm³/mol. The number of hydrogen-bond donors (Lipinski definition) is 1. The van der Waals surface area contributed by atoms with Gasteiger partial charge in [0, 0.05) is 11.7 Å². The van der Waals surface area contributed by atoms with Crippen molar-refractivity contribution in [2.75, 3.05) is 26.0 Å². The van der Waals surface area contributed by atoms with E-state index in [-0.39, 0.29) is 11.9 Å². The van der Waals surface area contributed by atoms with Gasteiger partial charge in [-0.25, -0.2) is 4.79 Å². The summed E-state index contributed by atoms with van der Waals surface area (Å²) in [6.45, 7) is 0.293. The van der Waals surface area contributed by atoms with Gasteiger partial charge in [-0.2, -0.15) is 0 Å². The highest BCUT2D eigenvalue weighted by Crippen LogP contribution is 2.34. The molecule has 5 nitrogen and oxygen atoms in total. The lowest BCUT2D eigenvalue weighted by atomic mass is 10.1. The van der Waals surface area contributed by atoms with E-state index in [4.69, 9.17) is 4.74 Å². The molecule has 1 atom stereocenters. The first-order valence-electron chi connectivity index (χ1n) is 8.35. The van der Waals surface area contributed by atoms with Gasteiger partial charge in [-0.05, 0) is 49.2 Å². The molecule has 0 aromatic heterocycles. The molecule has 1 aliphatic carbocycles. The van der Waals surface area contributed by atoms with Gasteiger partial charge in [0.05, 0.1) is 19.2 Å². The first-order chi connectivity index (χ1) is 12.1. The van der Waals surface area contributed by atoms with Crippen molar-refractivity contribution >= 4 is 17.6 Å². The Bertz CT molecular complexity index is 788. The predicted octanol–water partition coefficient (Wildman–Crippen LogP) is 3.03. The second-order valence-electron chi connectivity index (χ2n) is 6.29. The van der Waals surface area contributed by atoms with Crippen molar-refractivity contribution in [2.24, 2.45) is 0 Å². The van der Waals surface area contributed by atoms with Gasteiger partial charge in [-0.1, -0.05) is 30.3 Å². The summed E-state index contributed by atoms with van der Waals surface area (Å²) in [5, 5.41) is 2.85. The van der Waals surface area contributed by atoms with Crippen LogP contribution in [0.4, 0.5) is 5.69 Å². The summed E-state index contributed by atoms with van der Waals surface area (Å²) in [6, 6.07) is 15.4. The summed E-state index contributed by atoms with van der Waals surface area (Å²) in [7, 11) is 3.30. The van der Waals surface area contributed by atoms with E-state index >= 15 is 0 Å². The molecule has 1 amide bonds. The number of anilines is 1. The van der Waals surface area contributed by atoms with Gasteiger partial charge < -0.3 is 10.1 Å². The second kappa shape index (κ2) is 7.49. The molecule has 0 bridgehead atoms. The summed E-state index contributed by atoms with van der Waals surface area (Å²) < 4.78 is 4.70. The average molecular weight is 338 g/mol. The lowest BCUT2D eigenvalue weighted by molar-refractivity contribution is -0.117. The Morgan fingerprint density at radius 3 is 2.80 bits per heavy atom. The second-order valence-corrected chi connectivity index (χ2v) is 6.29. The number of benzene rings is 2. The third-order valence-corrected chi connectivity index (χ3v) is 4.59. The Morgan fingerprint density at radius 2 is 2.00 bits per heavy atom. The minimum Gasteiger partial charge on any atom is -0.465 e. The van der Waals surface area contributed by atoms with Crippen molar-refractivity contribution in [3.05, 3.63) is 65.2 Å². The SMILES string of the molecule is COC(=O)c1cccc(NC(=O)CN(C)C2CCc3ccccc32)c1. The van der Waals surface area contributed by atoms with Crippen molar-refractivity contribution in [1.29, 1.82) is 0 Å². The summed E-state index contributed by atoms with van der Waals surface area (Å²) in [5.74, 6) is -0.523. The van der Waals surface area contributed by atoms with Crippen molar-refractivity contribution in [2.45, 2.75) is 18.9 Å². The number of methoxy groups -OCH3 is 1. The van der Waals surface area contributed by atoms with E-state index in [2.05, 4.69) is 28.4 Å². The maximum atomic E-state index is 12.4. The quantitative estimate of drug-likeness (QED) is 0.852. The lowest BCUT2D eigenvalue weighted by Crippen LogP contribution is -2.32. The highest BCUT2D eigenvalue weighted by Gasteiger charge is 2.26. The van der Waals surface area contributed by atoms with Gasteiger partial charge in [0.1, 0.15) is 0 Å². The number of rotatable bonds is 5. The smallest absolute Gasteiger partial charge is 0.337 e. The van der Waals surface area contributed by atoms with E-state index in [0.29, 0.717) is 17.8 Å². The third-order valence-electron chi connectivity index (χ3n) is 4.59. The Morgan fingerprint density at radius 1 is 1.20 bits per heavy atom. The monoisotopic (exact) mass is 338 g/mol. The molecule has 0 saturated heterocycles. The van der Waals surface area contributed by atoms with Gasteiger partial charge in [0.2, 0.25) is 5.91 Å². The number of carbonyl (C=O) groups is 2. The number of amides is 1. The van der Waals surface area contributed by atoms with E-state index in [1.54, 1.807) is 24.3 Å². The largest absolute Gasteiger partial charge is 0.465 e. The van der Waals surface area contributed by atoms with Crippen LogP contribution in [-0.4, -0.2) is 37.5 Å². The topological polar surface area (TPSA) is 58.6 Å². The van der Waals surface area contributed by atoms with Crippen molar-refractivity contribution < 1.29 is 14.3 Å². The van der Waals surface area contributed by atoms with Crippen LogP contribution in [0.1, 0.15) is 33.9 Å².